The van der Waals surface area contributed by atoms with Crippen LogP contribution >= 0.6 is 0 Å². The normalized spacial score (nSPS) is 14.7. The molecule has 0 atom stereocenters. The molecule has 0 radical (unpaired) electrons. The SMILES string of the molecule is Cc1cc(N2CCc3cc(F)ccc3C2)cc(C)c1CC(C)(C)C. The van der Waals surface area contributed by atoms with Crippen LogP contribution in [0.15, 0.2) is 30.3 Å². The highest BCUT2D eigenvalue weighted by atomic mass is 19.1. The second kappa shape index (κ2) is 6.23. The van der Waals surface area contributed by atoms with Crippen LogP contribution in [0.25, 0.3) is 0 Å². The third-order valence-corrected chi connectivity index (χ3v) is 4.93. The molecule has 0 aliphatic carbocycles. The summed E-state index contributed by atoms with van der Waals surface area (Å²) >= 11 is 0. The molecule has 0 bridgehead atoms. The lowest BCUT2D eigenvalue weighted by Gasteiger charge is -2.32. The van der Waals surface area contributed by atoms with Gasteiger partial charge in [-0.2, -0.15) is 0 Å². The molecule has 0 N–H and O–H groups in total. The zero-order valence-electron chi connectivity index (χ0n) is 15.5. The van der Waals surface area contributed by atoms with E-state index in [0.717, 1.165) is 31.5 Å². The average Bonchev–Trinajstić information content (AvgIpc) is 2.49. The summed E-state index contributed by atoms with van der Waals surface area (Å²) in [5.41, 5.74) is 8.23. The number of halogens is 1. The number of aryl methyl sites for hydroxylation is 2. The summed E-state index contributed by atoms with van der Waals surface area (Å²) in [6.45, 7) is 13.2. The first-order valence-electron chi connectivity index (χ1n) is 8.85. The molecule has 0 amide bonds. The van der Waals surface area contributed by atoms with E-state index in [9.17, 15) is 4.39 Å². The van der Waals surface area contributed by atoms with Crippen LogP contribution in [0.5, 0.6) is 0 Å². The number of benzene rings is 2. The van der Waals surface area contributed by atoms with Gasteiger partial charge in [0.15, 0.2) is 0 Å². The van der Waals surface area contributed by atoms with Crippen molar-refractivity contribution in [1.29, 1.82) is 0 Å². The van der Waals surface area contributed by atoms with Gasteiger partial charge in [0.1, 0.15) is 5.82 Å². The Kier molecular flexibility index (Phi) is 4.42. The van der Waals surface area contributed by atoms with E-state index in [4.69, 9.17) is 0 Å². The van der Waals surface area contributed by atoms with Crippen LogP contribution < -0.4 is 4.90 Å². The average molecular weight is 325 g/mol. The number of anilines is 1. The predicted octanol–water partition coefficient (Wildman–Crippen LogP) is 5.59. The molecule has 0 unspecified atom stereocenters. The second-order valence-electron chi connectivity index (χ2n) is 8.38. The van der Waals surface area contributed by atoms with Crippen molar-refractivity contribution in [3.8, 4) is 0 Å². The Morgan fingerprint density at radius 2 is 1.67 bits per heavy atom. The van der Waals surface area contributed by atoms with Crippen LogP contribution in [0.4, 0.5) is 10.1 Å². The lowest BCUT2D eigenvalue weighted by atomic mass is 9.84. The first kappa shape index (κ1) is 17.0. The Morgan fingerprint density at radius 1 is 1.00 bits per heavy atom. The van der Waals surface area contributed by atoms with E-state index >= 15 is 0 Å². The number of nitrogens with zero attached hydrogens (tertiary/aromatic N) is 1. The molecule has 1 aliphatic heterocycles. The van der Waals surface area contributed by atoms with E-state index in [1.54, 1.807) is 12.1 Å². The van der Waals surface area contributed by atoms with Crippen molar-refractivity contribution in [3.63, 3.8) is 0 Å². The number of rotatable bonds is 2. The van der Waals surface area contributed by atoms with Crippen LogP contribution in [-0.4, -0.2) is 6.54 Å². The fourth-order valence-electron chi connectivity index (χ4n) is 3.70. The minimum atomic E-state index is -0.125. The Bertz CT molecular complexity index is 732. The Labute approximate surface area is 145 Å². The Morgan fingerprint density at radius 3 is 2.29 bits per heavy atom. The van der Waals surface area contributed by atoms with Crippen molar-refractivity contribution < 1.29 is 4.39 Å². The molecular formula is C22H28FN. The first-order valence-corrected chi connectivity index (χ1v) is 8.85. The van der Waals surface area contributed by atoms with E-state index in [2.05, 4.69) is 51.7 Å². The number of hydrogen-bond donors (Lipinski definition) is 0. The van der Waals surface area contributed by atoms with Gasteiger partial charge in [0.25, 0.3) is 0 Å². The molecule has 0 saturated heterocycles. The topological polar surface area (TPSA) is 3.24 Å². The van der Waals surface area contributed by atoms with Gasteiger partial charge in [0, 0.05) is 18.8 Å². The van der Waals surface area contributed by atoms with Gasteiger partial charge in [-0.1, -0.05) is 26.8 Å². The summed E-state index contributed by atoms with van der Waals surface area (Å²) in [5.74, 6) is -0.125. The molecule has 0 fully saturated rings. The Hall–Kier alpha value is -1.83. The molecule has 0 saturated carbocycles. The molecule has 128 valence electrons. The third-order valence-electron chi connectivity index (χ3n) is 4.93. The molecule has 1 aliphatic rings. The maximum Gasteiger partial charge on any atom is 0.123 e. The summed E-state index contributed by atoms with van der Waals surface area (Å²) in [5, 5.41) is 0. The molecule has 2 aromatic rings. The lowest BCUT2D eigenvalue weighted by molar-refractivity contribution is 0.409. The lowest BCUT2D eigenvalue weighted by Crippen LogP contribution is -2.30. The fourth-order valence-corrected chi connectivity index (χ4v) is 3.70. The van der Waals surface area contributed by atoms with Crippen molar-refractivity contribution >= 4 is 5.69 Å². The fraction of sp³-hybridized carbons (Fsp3) is 0.455. The van der Waals surface area contributed by atoms with E-state index < -0.39 is 0 Å². The minimum Gasteiger partial charge on any atom is -0.367 e. The van der Waals surface area contributed by atoms with Gasteiger partial charge in [-0.15, -0.1) is 0 Å². The molecular weight excluding hydrogens is 297 g/mol. The smallest absolute Gasteiger partial charge is 0.123 e. The molecule has 1 nitrogen and oxygen atoms in total. The van der Waals surface area contributed by atoms with Crippen molar-refractivity contribution in [1.82, 2.24) is 0 Å². The maximum absolute atomic E-state index is 13.4. The predicted molar refractivity (Wildman–Crippen MR) is 100 cm³/mol. The van der Waals surface area contributed by atoms with Gasteiger partial charge in [0.2, 0.25) is 0 Å². The molecule has 24 heavy (non-hydrogen) atoms. The van der Waals surface area contributed by atoms with E-state index in [0.29, 0.717) is 5.41 Å². The summed E-state index contributed by atoms with van der Waals surface area (Å²) in [6.07, 6.45) is 2.02. The highest BCUT2D eigenvalue weighted by Crippen LogP contribution is 2.31. The van der Waals surface area contributed by atoms with Gasteiger partial charge in [-0.3, -0.25) is 0 Å². The van der Waals surface area contributed by atoms with Gasteiger partial charge >= 0.3 is 0 Å². The minimum absolute atomic E-state index is 0.125. The number of fused-ring (bicyclic) bond motifs is 1. The Balaban J connectivity index is 1.87. The quantitative estimate of drug-likeness (QED) is 0.695. The van der Waals surface area contributed by atoms with Gasteiger partial charge < -0.3 is 4.90 Å². The van der Waals surface area contributed by atoms with Gasteiger partial charge in [0.05, 0.1) is 0 Å². The number of hydrogen-bond acceptors (Lipinski definition) is 1. The standard InChI is InChI=1S/C22H28FN/c1-15-10-20(11-16(2)21(15)13-22(3,4)5)24-9-8-17-12-19(23)7-6-18(17)14-24/h6-7,10-12H,8-9,13-14H2,1-5H3. The van der Waals surface area contributed by atoms with Crippen molar-refractivity contribution in [2.24, 2.45) is 5.41 Å². The monoisotopic (exact) mass is 325 g/mol. The summed E-state index contributed by atoms with van der Waals surface area (Å²) in [6, 6.07) is 9.84. The van der Waals surface area contributed by atoms with Gasteiger partial charge in [-0.25, -0.2) is 4.39 Å². The van der Waals surface area contributed by atoms with Crippen LogP contribution in [0.1, 0.15) is 48.6 Å². The molecule has 2 aromatic carbocycles. The van der Waals surface area contributed by atoms with Crippen LogP contribution in [0, 0.1) is 25.1 Å². The molecule has 0 spiro atoms. The molecule has 2 heteroatoms. The molecule has 3 rings (SSSR count). The van der Waals surface area contributed by atoms with Crippen LogP contribution in [0.2, 0.25) is 0 Å². The van der Waals surface area contributed by atoms with Crippen LogP contribution in [-0.2, 0) is 19.4 Å². The highest BCUT2D eigenvalue weighted by molar-refractivity contribution is 5.56. The summed E-state index contributed by atoms with van der Waals surface area (Å²) < 4.78 is 13.4. The van der Waals surface area contributed by atoms with Gasteiger partial charge in [-0.05, 0) is 84.2 Å². The van der Waals surface area contributed by atoms with E-state index in [1.807, 2.05) is 6.07 Å². The molecule has 0 aromatic heterocycles. The van der Waals surface area contributed by atoms with Crippen molar-refractivity contribution in [2.75, 3.05) is 11.4 Å². The van der Waals surface area contributed by atoms with Crippen molar-refractivity contribution in [2.45, 2.75) is 54.0 Å². The van der Waals surface area contributed by atoms with E-state index in [-0.39, 0.29) is 5.82 Å². The second-order valence-corrected chi connectivity index (χ2v) is 8.38. The molecule has 1 heterocycles. The largest absolute Gasteiger partial charge is 0.367 e. The third kappa shape index (κ3) is 3.63. The zero-order chi connectivity index (χ0) is 17.5. The highest BCUT2D eigenvalue weighted by Gasteiger charge is 2.20. The summed E-state index contributed by atoms with van der Waals surface area (Å²) in [7, 11) is 0. The van der Waals surface area contributed by atoms with E-state index in [1.165, 1.54) is 27.9 Å². The zero-order valence-corrected chi connectivity index (χ0v) is 15.5. The maximum atomic E-state index is 13.4. The summed E-state index contributed by atoms with van der Waals surface area (Å²) in [4.78, 5) is 2.42. The van der Waals surface area contributed by atoms with Crippen LogP contribution in [0.3, 0.4) is 0 Å². The van der Waals surface area contributed by atoms with Crippen molar-refractivity contribution in [3.05, 3.63) is 64.0 Å². The first-order chi connectivity index (χ1) is 11.2.